The molecule has 2 aliphatic heterocycles. The van der Waals surface area contributed by atoms with E-state index < -0.39 is 0 Å². The maximum Gasteiger partial charge on any atom is 0.228 e. The van der Waals surface area contributed by atoms with Crippen molar-refractivity contribution in [2.24, 2.45) is 0 Å². The van der Waals surface area contributed by atoms with Crippen LogP contribution in [0, 0.1) is 0 Å². The Labute approximate surface area is 187 Å². The number of anilines is 1. The molecule has 2 aromatic rings. The lowest BCUT2D eigenvalue weighted by molar-refractivity contribution is -0.120. The van der Waals surface area contributed by atoms with E-state index in [9.17, 15) is 9.90 Å². The third-order valence-corrected chi connectivity index (χ3v) is 7.24. The highest BCUT2D eigenvalue weighted by Gasteiger charge is 2.41. The summed E-state index contributed by atoms with van der Waals surface area (Å²) in [7, 11) is 0. The van der Waals surface area contributed by atoms with Crippen molar-refractivity contribution in [3.63, 3.8) is 0 Å². The summed E-state index contributed by atoms with van der Waals surface area (Å²) in [5.41, 5.74) is 0.887. The predicted molar refractivity (Wildman–Crippen MR) is 120 cm³/mol. The van der Waals surface area contributed by atoms with Crippen LogP contribution in [0.3, 0.4) is 0 Å². The van der Waals surface area contributed by atoms with Gasteiger partial charge in [0.15, 0.2) is 0 Å². The van der Waals surface area contributed by atoms with E-state index in [0.717, 1.165) is 50.9 Å². The molecular weight excluding hydrogens is 421 g/mol. The van der Waals surface area contributed by atoms with E-state index >= 15 is 0 Å². The molecule has 7 heteroatoms. The quantitative estimate of drug-likeness (QED) is 0.741. The first kappa shape index (κ1) is 21.6. The van der Waals surface area contributed by atoms with Gasteiger partial charge in [0.2, 0.25) is 5.91 Å². The number of rotatable bonds is 5. The van der Waals surface area contributed by atoms with Gasteiger partial charge in [-0.25, -0.2) is 4.98 Å². The highest BCUT2D eigenvalue weighted by molar-refractivity contribution is 6.42. The minimum absolute atomic E-state index is 0.102. The molecule has 2 saturated heterocycles. The normalized spacial score (nSPS) is 23.7. The summed E-state index contributed by atoms with van der Waals surface area (Å²) in [6.45, 7) is 3.29. The number of likely N-dealkylation sites (tertiary alicyclic amines) is 1. The topological polar surface area (TPSA) is 56.7 Å². The molecule has 1 atom stereocenters. The second-order valence-corrected chi connectivity index (χ2v) is 9.21. The number of carbonyl (C=O) groups excluding carboxylic acids is 1. The molecule has 1 aromatic carbocycles. The highest BCUT2D eigenvalue weighted by atomic mass is 35.5. The summed E-state index contributed by atoms with van der Waals surface area (Å²) in [5, 5.41) is 10.9. The molecule has 4 rings (SSSR count). The molecule has 5 nitrogen and oxygen atoms in total. The van der Waals surface area contributed by atoms with Gasteiger partial charge in [-0.2, -0.15) is 0 Å². The van der Waals surface area contributed by atoms with Crippen LogP contribution in [0.1, 0.15) is 37.7 Å². The first-order valence-electron chi connectivity index (χ1n) is 10.5. The predicted octanol–water partition coefficient (Wildman–Crippen LogP) is 4.30. The van der Waals surface area contributed by atoms with E-state index in [-0.39, 0.29) is 17.4 Å². The van der Waals surface area contributed by atoms with Gasteiger partial charge in [-0.3, -0.25) is 9.69 Å². The summed E-state index contributed by atoms with van der Waals surface area (Å²) in [5.74, 6) is 0.790. The van der Waals surface area contributed by atoms with Crippen LogP contribution in [-0.4, -0.2) is 53.2 Å². The molecular formula is C23H27Cl2N3O2. The molecule has 2 aliphatic rings. The highest BCUT2D eigenvalue weighted by Crippen LogP contribution is 2.41. The number of aliphatic hydroxyl groups is 1. The van der Waals surface area contributed by atoms with Gasteiger partial charge in [-0.05, 0) is 62.1 Å². The summed E-state index contributed by atoms with van der Waals surface area (Å²) < 4.78 is 0. The number of hydrogen-bond acceptors (Lipinski definition) is 4. The Balaban J connectivity index is 1.62. The Bertz CT molecular complexity index is 887. The summed E-state index contributed by atoms with van der Waals surface area (Å²) in [4.78, 5) is 21.4. The van der Waals surface area contributed by atoms with Gasteiger partial charge >= 0.3 is 0 Å². The number of halogens is 2. The maximum atomic E-state index is 12.8. The van der Waals surface area contributed by atoms with E-state index in [1.165, 1.54) is 0 Å². The number of benzene rings is 1. The molecule has 1 aromatic heterocycles. The monoisotopic (exact) mass is 447 g/mol. The summed E-state index contributed by atoms with van der Waals surface area (Å²) >= 11 is 12.6. The molecule has 0 saturated carbocycles. The number of nitrogens with zero attached hydrogens (tertiary/aromatic N) is 3. The van der Waals surface area contributed by atoms with Crippen molar-refractivity contribution in [3.8, 4) is 0 Å². The molecule has 160 valence electrons. The van der Waals surface area contributed by atoms with Crippen molar-refractivity contribution in [1.29, 1.82) is 0 Å². The minimum Gasteiger partial charge on any atom is -0.393 e. The van der Waals surface area contributed by atoms with Crippen LogP contribution in [0.15, 0.2) is 42.6 Å². The van der Waals surface area contributed by atoms with Crippen molar-refractivity contribution >= 4 is 34.9 Å². The maximum absolute atomic E-state index is 12.8. The Morgan fingerprint density at radius 2 is 1.93 bits per heavy atom. The minimum atomic E-state index is -0.226. The van der Waals surface area contributed by atoms with Crippen LogP contribution in [-0.2, 0) is 10.2 Å². The Hall–Kier alpha value is -1.66. The fourth-order valence-corrected chi connectivity index (χ4v) is 4.90. The number of aliphatic hydroxyl groups excluding tert-OH is 1. The second-order valence-electron chi connectivity index (χ2n) is 8.40. The molecule has 0 radical (unpaired) electrons. The summed E-state index contributed by atoms with van der Waals surface area (Å²) in [6, 6.07) is 11.5. The van der Waals surface area contributed by atoms with Gasteiger partial charge in [0.05, 0.1) is 16.1 Å². The van der Waals surface area contributed by atoms with E-state index in [1.807, 2.05) is 41.3 Å². The zero-order valence-corrected chi connectivity index (χ0v) is 18.4. The lowest BCUT2D eigenvalue weighted by Gasteiger charge is -2.44. The van der Waals surface area contributed by atoms with Crippen molar-refractivity contribution < 1.29 is 9.90 Å². The molecule has 0 spiro atoms. The number of carbonyl (C=O) groups is 1. The van der Waals surface area contributed by atoms with Gasteiger partial charge in [-0.15, -0.1) is 0 Å². The lowest BCUT2D eigenvalue weighted by Crippen LogP contribution is -2.51. The van der Waals surface area contributed by atoms with Crippen LogP contribution in [0.4, 0.5) is 5.82 Å². The van der Waals surface area contributed by atoms with E-state index in [2.05, 4.69) is 9.88 Å². The average Bonchev–Trinajstić information content (AvgIpc) is 2.77. The van der Waals surface area contributed by atoms with Gasteiger partial charge in [0, 0.05) is 37.7 Å². The van der Waals surface area contributed by atoms with Crippen molar-refractivity contribution in [3.05, 3.63) is 58.2 Å². The van der Waals surface area contributed by atoms with Gasteiger partial charge < -0.3 is 10.0 Å². The summed E-state index contributed by atoms with van der Waals surface area (Å²) in [6.07, 6.45) is 5.31. The van der Waals surface area contributed by atoms with Crippen LogP contribution in [0.25, 0.3) is 0 Å². The van der Waals surface area contributed by atoms with Crippen LogP contribution in [0.5, 0.6) is 0 Å². The number of hydrogen-bond donors (Lipinski definition) is 1. The third-order valence-electron chi connectivity index (χ3n) is 6.50. The van der Waals surface area contributed by atoms with Gasteiger partial charge in [-0.1, -0.05) is 35.3 Å². The molecule has 0 aliphatic carbocycles. The van der Waals surface area contributed by atoms with Gasteiger partial charge in [0.25, 0.3) is 0 Å². The number of aromatic nitrogens is 1. The number of amides is 1. The van der Waals surface area contributed by atoms with Crippen molar-refractivity contribution in [2.75, 3.05) is 31.1 Å². The molecule has 1 amide bonds. The second kappa shape index (κ2) is 9.23. The van der Waals surface area contributed by atoms with Crippen LogP contribution in [0.2, 0.25) is 10.0 Å². The molecule has 1 N–H and O–H groups in total. The first-order valence-corrected chi connectivity index (χ1v) is 11.3. The largest absolute Gasteiger partial charge is 0.393 e. The smallest absolute Gasteiger partial charge is 0.228 e. The lowest BCUT2D eigenvalue weighted by atomic mass is 9.71. The van der Waals surface area contributed by atoms with E-state index in [1.54, 1.807) is 6.20 Å². The first-order chi connectivity index (χ1) is 14.5. The average molecular weight is 448 g/mol. The van der Waals surface area contributed by atoms with Crippen LogP contribution < -0.4 is 4.90 Å². The SMILES string of the molecule is O=C1CC[C@](CCN2CCC(O)CC2)(c2ccc(Cl)c(Cl)c2)CN1c1ccccn1. The fraction of sp³-hybridized carbons (Fsp3) is 0.478. The van der Waals surface area contributed by atoms with Crippen molar-refractivity contribution in [2.45, 2.75) is 43.6 Å². The van der Waals surface area contributed by atoms with Gasteiger partial charge in [0.1, 0.15) is 5.82 Å². The molecule has 0 bridgehead atoms. The zero-order chi connectivity index (χ0) is 21.1. The standard InChI is InChI=1S/C23H27Cl2N3O2/c24-19-5-4-17(15-20(19)25)23(10-14-27-12-7-18(29)8-13-27)9-6-22(30)28(16-23)21-3-1-2-11-26-21/h1-5,11,15,18,29H,6-10,12-14,16H2/t23-/m1/s1. The number of pyridine rings is 1. The Kier molecular flexibility index (Phi) is 6.63. The molecule has 3 heterocycles. The number of piperidine rings is 2. The third kappa shape index (κ3) is 4.65. The van der Waals surface area contributed by atoms with E-state index in [0.29, 0.717) is 28.8 Å². The van der Waals surface area contributed by atoms with Crippen molar-refractivity contribution in [1.82, 2.24) is 9.88 Å². The van der Waals surface area contributed by atoms with E-state index in [4.69, 9.17) is 23.2 Å². The Morgan fingerprint density at radius 3 is 2.63 bits per heavy atom. The molecule has 2 fully saturated rings. The Morgan fingerprint density at radius 1 is 1.13 bits per heavy atom. The zero-order valence-electron chi connectivity index (χ0n) is 16.9. The molecule has 30 heavy (non-hydrogen) atoms. The van der Waals surface area contributed by atoms with Crippen LogP contribution >= 0.6 is 23.2 Å². The molecule has 0 unspecified atom stereocenters. The fourth-order valence-electron chi connectivity index (χ4n) is 4.60.